The molecule has 13 heteroatoms. The third-order valence-electron chi connectivity index (χ3n) is 13.7. The van der Waals surface area contributed by atoms with Gasteiger partial charge in [-0.1, -0.05) is 36.4 Å². The Balaban J connectivity index is 0.854. The Morgan fingerprint density at radius 2 is 1.59 bits per heavy atom. The van der Waals surface area contributed by atoms with Crippen molar-refractivity contribution in [2.75, 3.05) is 26.9 Å². The van der Waals surface area contributed by atoms with Crippen molar-refractivity contribution in [1.82, 2.24) is 35.1 Å². The first-order valence-electron chi connectivity index (χ1n) is 22.1. The van der Waals surface area contributed by atoms with Gasteiger partial charge < -0.3 is 34.4 Å². The lowest BCUT2D eigenvalue weighted by atomic mass is 9.83. The molecule has 0 spiro atoms. The minimum atomic E-state index is -0.670. The molecule has 3 aliphatic heterocycles. The van der Waals surface area contributed by atoms with Crippen LogP contribution >= 0.6 is 0 Å². The topological polar surface area (TPSA) is 155 Å². The molecule has 5 aliphatic rings. The van der Waals surface area contributed by atoms with E-state index >= 15 is 0 Å². The maximum Gasteiger partial charge on any atom is 0.411 e. The van der Waals surface area contributed by atoms with Crippen molar-refractivity contribution >= 4 is 29.1 Å². The Morgan fingerprint density at radius 3 is 2.34 bits per heavy atom. The van der Waals surface area contributed by atoms with Gasteiger partial charge in [0.05, 0.1) is 42.1 Å². The summed E-state index contributed by atoms with van der Waals surface area (Å²) in [6.07, 6.45) is 9.07. The van der Waals surface area contributed by atoms with Gasteiger partial charge in [-0.05, 0) is 148 Å². The largest absolute Gasteiger partial charge is 0.453 e. The standard InChI is InChI=1S/C48H55N7O6/c1-48(2,3)61-47(58)55-34-13-9-33(24-34)42(55)44-50-37-16-12-29(25-38(37)51-44)28-10-14-35-30(22-28)7-8-31-23-32(11-15-36(31)35)39-26-49-43(52-39)40-6-5-19-54(40)45(56)41(53-46(57)59-4)27-17-20-60-21-18-27/h10-12,14-16,22-23,25-27,33-34,40-42H,5-9,13,17-21,24H2,1-4H3,(H,49,52)(H,50,51)(H,53,57)/t33?,34?,40-,41-,42?/m0/s1. The number of benzene rings is 3. The van der Waals surface area contributed by atoms with E-state index in [1.807, 2.05) is 36.8 Å². The maximum atomic E-state index is 14.1. The van der Waals surface area contributed by atoms with Crippen molar-refractivity contribution in [3.8, 4) is 33.5 Å². The van der Waals surface area contributed by atoms with E-state index in [9.17, 15) is 14.4 Å². The number of imidazole rings is 2. The van der Waals surface area contributed by atoms with Crippen LogP contribution in [0.1, 0.15) is 101 Å². The molecule has 5 atom stereocenters. The number of ether oxygens (including phenoxy) is 3. The second-order valence-corrected chi connectivity index (χ2v) is 18.6. The number of hydrogen-bond acceptors (Lipinski definition) is 8. The first kappa shape index (κ1) is 39.4. The molecule has 1 saturated carbocycles. The maximum absolute atomic E-state index is 14.1. The fourth-order valence-electron chi connectivity index (χ4n) is 10.8. The molecule has 3 saturated heterocycles. The normalized spacial score (nSPS) is 22.9. The van der Waals surface area contributed by atoms with Gasteiger partial charge in [0.1, 0.15) is 23.3 Å². The average molecular weight is 826 g/mol. The number of amides is 3. The zero-order valence-corrected chi connectivity index (χ0v) is 35.5. The summed E-state index contributed by atoms with van der Waals surface area (Å²) in [7, 11) is 1.32. The minimum absolute atomic E-state index is 0.0149. The molecule has 3 N–H and O–H groups in total. The Labute approximate surface area is 355 Å². The highest BCUT2D eigenvalue weighted by molar-refractivity contribution is 5.87. The van der Waals surface area contributed by atoms with Crippen LogP contribution in [0.3, 0.4) is 0 Å². The summed E-state index contributed by atoms with van der Waals surface area (Å²) in [5.74, 6) is 1.88. The van der Waals surface area contributed by atoms with Gasteiger partial charge in [0.2, 0.25) is 5.91 Å². The minimum Gasteiger partial charge on any atom is -0.453 e. The zero-order chi connectivity index (χ0) is 42.0. The molecule has 13 nitrogen and oxygen atoms in total. The number of fused-ring (bicyclic) bond motifs is 6. The van der Waals surface area contributed by atoms with E-state index in [0.717, 1.165) is 90.0 Å². The van der Waals surface area contributed by atoms with Gasteiger partial charge in [-0.3, -0.25) is 9.69 Å². The summed E-state index contributed by atoms with van der Waals surface area (Å²) in [6.45, 7) is 7.50. The average Bonchev–Trinajstić information content (AvgIpc) is 4.12. The van der Waals surface area contributed by atoms with E-state index in [2.05, 4.69) is 69.9 Å². The zero-order valence-electron chi connectivity index (χ0n) is 35.5. The van der Waals surface area contributed by atoms with Crippen molar-refractivity contribution in [3.63, 3.8) is 0 Å². The second-order valence-electron chi connectivity index (χ2n) is 18.6. The quantitative estimate of drug-likeness (QED) is 0.147. The number of aromatic nitrogens is 4. The molecular weight excluding hydrogens is 771 g/mol. The summed E-state index contributed by atoms with van der Waals surface area (Å²) in [4.78, 5) is 60.6. The Morgan fingerprint density at radius 1 is 0.869 bits per heavy atom. The molecule has 3 aromatic carbocycles. The monoisotopic (exact) mass is 825 g/mol. The van der Waals surface area contributed by atoms with Gasteiger partial charge in [0.25, 0.3) is 0 Å². The number of carbonyl (C=O) groups excluding carboxylic acids is 3. The van der Waals surface area contributed by atoms with Crippen molar-refractivity contribution in [2.45, 2.75) is 108 Å². The number of hydrogen-bond donors (Lipinski definition) is 3. The number of carbonyl (C=O) groups is 3. The van der Waals surface area contributed by atoms with Gasteiger partial charge in [0, 0.05) is 25.8 Å². The lowest BCUT2D eigenvalue weighted by Crippen LogP contribution is -2.53. The molecule has 4 fully saturated rings. The van der Waals surface area contributed by atoms with Crippen LogP contribution in [0, 0.1) is 11.8 Å². The molecule has 10 rings (SSSR count). The van der Waals surface area contributed by atoms with Crippen LogP contribution < -0.4 is 5.32 Å². The number of methoxy groups -OCH3 is 1. The number of H-pyrrole nitrogens is 2. The van der Waals surface area contributed by atoms with Crippen LogP contribution in [0.4, 0.5) is 9.59 Å². The molecule has 3 amide bonds. The highest BCUT2D eigenvalue weighted by Crippen LogP contribution is 2.50. The predicted octanol–water partition coefficient (Wildman–Crippen LogP) is 8.66. The molecule has 5 heterocycles. The summed E-state index contributed by atoms with van der Waals surface area (Å²) in [5, 5.41) is 2.84. The van der Waals surface area contributed by atoms with Crippen LogP contribution in [0.15, 0.2) is 60.8 Å². The van der Waals surface area contributed by atoms with E-state index in [1.54, 1.807) is 0 Å². The number of rotatable bonds is 7. The first-order valence-corrected chi connectivity index (χ1v) is 22.1. The van der Waals surface area contributed by atoms with Gasteiger partial charge in [-0.25, -0.2) is 19.6 Å². The summed E-state index contributed by atoms with van der Waals surface area (Å²) >= 11 is 0. The van der Waals surface area contributed by atoms with E-state index in [0.29, 0.717) is 38.5 Å². The molecule has 2 bridgehead atoms. The smallest absolute Gasteiger partial charge is 0.411 e. The van der Waals surface area contributed by atoms with Gasteiger partial charge in [0.15, 0.2) is 0 Å². The summed E-state index contributed by atoms with van der Waals surface area (Å²) in [6, 6.07) is 19.1. The van der Waals surface area contributed by atoms with Crippen LogP contribution in [0.25, 0.3) is 44.5 Å². The van der Waals surface area contributed by atoms with Crippen LogP contribution in [-0.2, 0) is 31.8 Å². The molecule has 0 radical (unpaired) electrons. The summed E-state index contributed by atoms with van der Waals surface area (Å²) in [5.41, 5.74) is 10.7. The molecule has 2 aliphatic carbocycles. The van der Waals surface area contributed by atoms with E-state index < -0.39 is 17.7 Å². The van der Waals surface area contributed by atoms with Crippen molar-refractivity contribution < 1.29 is 28.6 Å². The van der Waals surface area contributed by atoms with Crippen LogP contribution in [0.2, 0.25) is 0 Å². The van der Waals surface area contributed by atoms with E-state index in [-0.39, 0.29) is 36.0 Å². The van der Waals surface area contributed by atoms with E-state index in [1.165, 1.54) is 29.4 Å². The van der Waals surface area contributed by atoms with Crippen LogP contribution in [-0.4, -0.2) is 92.4 Å². The number of alkyl carbamates (subject to hydrolysis) is 1. The van der Waals surface area contributed by atoms with Crippen molar-refractivity contribution in [2.24, 2.45) is 11.8 Å². The van der Waals surface area contributed by atoms with Gasteiger partial charge in [-0.15, -0.1) is 0 Å². The third-order valence-corrected chi connectivity index (χ3v) is 13.7. The Bertz CT molecular complexity index is 2500. The highest BCUT2D eigenvalue weighted by Gasteiger charge is 2.51. The number of nitrogens with zero attached hydrogens (tertiary/aromatic N) is 4. The molecule has 2 aromatic heterocycles. The SMILES string of the molecule is COC(=O)N[C@H](C(=O)N1CCC[C@H]1c1ncc(-c2ccc3c(c2)CCc2cc(-c4ccc5nc(C6C7CCC(C7)N6C(=O)OC(C)(C)C)[nH]c5c4)ccc2-3)[nH]1)C1CCOCC1. The molecule has 5 aromatic rings. The van der Waals surface area contributed by atoms with Gasteiger partial charge in [-0.2, -0.15) is 0 Å². The third kappa shape index (κ3) is 7.44. The fourth-order valence-corrected chi connectivity index (χ4v) is 10.8. The molecular formula is C48H55N7O6. The number of likely N-dealkylation sites (tertiary alicyclic amines) is 2. The number of piperidine rings is 1. The van der Waals surface area contributed by atoms with E-state index in [4.69, 9.17) is 24.2 Å². The first-order chi connectivity index (χ1) is 29.5. The number of aromatic amines is 2. The van der Waals surface area contributed by atoms with Crippen LogP contribution in [0.5, 0.6) is 0 Å². The molecule has 318 valence electrons. The summed E-state index contributed by atoms with van der Waals surface area (Å²) < 4.78 is 16.3. The Kier molecular flexibility index (Phi) is 10.1. The fraction of sp³-hybridized carbons (Fsp3) is 0.479. The lowest BCUT2D eigenvalue weighted by molar-refractivity contribution is -0.136. The lowest BCUT2D eigenvalue weighted by Gasteiger charge is -2.35. The second kappa shape index (κ2) is 15.6. The highest BCUT2D eigenvalue weighted by atomic mass is 16.6. The Hall–Kier alpha value is -5.69. The number of nitrogens with one attached hydrogen (secondary N) is 3. The number of aryl methyl sites for hydroxylation is 2. The van der Waals surface area contributed by atoms with Gasteiger partial charge >= 0.3 is 12.2 Å². The molecule has 3 unspecified atom stereocenters. The molecule has 61 heavy (non-hydrogen) atoms. The van der Waals surface area contributed by atoms with Crippen molar-refractivity contribution in [1.29, 1.82) is 0 Å². The predicted molar refractivity (Wildman–Crippen MR) is 230 cm³/mol. The van der Waals surface area contributed by atoms with Crippen molar-refractivity contribution in [3.05, 3.63) is 83.6 Å².